The Morgan fingerprint density at radius 3 is 2.89 bits per heavy atom. The quantitative estimate of drug-likeness (QED) is 0.470. The molecule has 4 nitrogen and oxygen atoms in total. The molecule has 18 heavy (non-hydrogen) atoms. The summed E-state index contributed by atoms with van der Waals surface area (Å²) < 4.78 is 5.52. The highest BCUT2D eigenvalue weighted by Gasteiger charge is 2.06. The smallest absolute Gasteiger partial charge is 0.221 e. The molecule has 0 heterocycles. The Hall–Kier alpha value is -1.55. The van der Waals surface area contributed by atoms with Gasteiger partial charge in [0.05, 0.1) is 12.3 Å². The van der Waals surface area contributed by atoms with Gasteiger partial charge in [0.2, 0.25) is 5.91 Å². The molecule has 0 radical (unpaired) electrons. The second kappa shape index (κ2) is 7.71. The third kappa shape index (κ3) is 4.75. The highest BCUT2D eigenvalue weighted by atomic mass is 35.5. The third-order valence-electron chi connectivity index (χ3n) is 2.21. The van der Waals surface area contributed by atoms with Crippen LogP contribution in [-0.4, -0.2) is 24.7 Å². The van der Waals surface area contributed by atoms with Gasteiger partial charge in [-0.05, 0) is 24.1 Å². The molecule has 98 valence electrons. The number of nitrogens with one attached hydrogen (secondary N) is 1. The fraction of sp³-hybridized carbons (Fsp3) is 0.385. The number of amides is 1. The van der Waals surface area contributed by atoms with Gasteiger partial charge in [-0.2, -0.15) is 0 Å². The van der Waals surface area contributed by atoms with Gasteiger partial charge in [-0.15, -0.1) is 11.6 Å². The molecular formula is C13H16ClNO3. The molecular weight excluding hydrogens is 254 g/mol. The molecule has 0 atom stereocenters. The van der Waals surface area contributed by atoms with Crippen molar-refractivity contribution in [1.82, 2.24) is 0 Å². The molecule has 1 aromatic carbocycles. The standard InChI is InChI=1S/C13H16ClNO3/c1-10(17)15-12-9-11(5-7-16)3-4-13(12)18-8-2-6-14/h3-4,7,9H,2,5-6,8H2,1H3,(H,15,17). The number of carbonyl (C=O) groups excluding carboxylic acids is 2. The van der Waals surface area contributed by atoms with Crippen molar-refractivity contribution in [3.8, 4) is 5.75 Å². The van der Waals surface area contributed by atoms with Gasteiger partial charge in [0, 0.05) is 19.2 Å². The van der Waals surface area contributed by atoms with Crippen LogP contribution in [-0.2, 0) is 16.0 Å². The number of aldehydes is 1. The number of ether oxygens (including phenoxy) is 1. The van der Waals surface area contributed by atoms with Gasteiger partial charge in [-0.1, -0.05) is 6.07 Å². The third-order valence-corrected chi connectivity index (χ3v) is 2.48. The normalized spacial score (nSPS) is 9.89. The highest BCUT2D eigenvalue weighted by Crippen LogP contribution is 2.26. The minimum atomic E-state index is -0.180. The highest BCUT2D eigenvalue weighted by molar-refractivity contribution is 6.17. The molecule has 0 bridgehead atoms. The molecule has 0 fully saturated rings. The minimum absolute atomic E-state index is 0.180. The number of halogens is 1. The first-order valence-corrected chi connectivity index (χ1v) is 6.23. The largest absolute Gasteiger partial charge is 0.491 e. The molecule has 0 spiro atoms. The van der Waals surface area contributed by atoms with Crippen LogP contribution in [0.4, 0.5) is 5.69 Å². The van der Waals surface area contributed by atoms with E-state index < -0.39 is 0 Å². The maximum atomic E-state index is 11.1. The fourth-order valence-corrected chi connectivity index (χ4v) is 1.56. The Morgan fingerprint density at radius 1 is 1.50 bits per heavy atom. The van der Waals surface area contributed by atoms with Crippen LogP contribution in [0.3, 0.4) is 0 Å². The van der Waals surface area contributed by atoms with Gasteiger partial charge in [0.15, 0.2) is 0 Å². The van der Waals surface area contributed by atoms with E-state index in [1.54, 1.807) is 18.2 Å². The van der Waals surface area contributed by atoms with Crippen LogP contribution in [0.2, 0.25) is 0 Å². The first-order valence-electron chi connectivity index (χ1n) is 5.70. The molecule has 1 rings (SSSR count). The monoisotopic (exact) mass is 269 g/mol. The zero-order chi connectivity index (χ0) is 13.4. The van der Waals surface area contributed by atoms with Crippen LogP contribution in [0.1, 0.15) is 18.9 Å². The lowest BCUT2D eigenvalue weighted by Gasteiger charge is -2.12. The first kappa shape index (κ1) is 14.5. The van der Waals surface area contributed by atoms with E-state index in [2.05, 4.69) is 5.32 Å². The van der Waals surface area contributed by atoms with E-state index in [1.165, 1.54) is 6.92 Å². The lowest BCUT2D eigenvalue weighted by Crippen LogP contribution is -2.09. The van der Waals surface area contributed by atoms with Crippen LogP contribution in [0.25, 0.3) is 0 Å². The van der Waals surface area contributed by atoms with Crippen LogP contribution in [0.15, 0.2) is 18.2 Å². The summed E-state index contributed by atoms with van der Waals surface area (Å²) in [6, 6.07) is 5.29. The molecule has 1 aromatic rings. The number of alkyl halides is 1. The van der Waals surface area contributed by atoms with E-state index in [0.717, 1.165) is 18.3 Å². The van der Waals surface area contributed by atoms with Crippen LogP contribution in [0.5, 0.6) is 5.75 Å². The molecule has 1 N–H and O–H groups in total. The second-order valence-corrected chi connectivity index (χ2v) is 4.15. The number of rotatable bonds is 7. The maximum absolute atomic E-state index is 11.1. The number of anilines is 1. The SMILES string of the molecule is CC(=O)Nc1cc(CC=O)ccc1OCCCCl. The zero-order valence-corrected chi connectivity index (χ0v) is 11.0. The average molecular weight is 270 g/mol. The summed E-state index contributed by atoms with van der Waals surface area (Å²) >= 11 is 5.57. The van der Waals surface area contributed by atoms with E-state index in [9.17, 15) is 9.59 Å². The zero-order valence-electron chi connectivity index (χ0n) is 10.2. The summed E-state index contributed by atoms with van der Waals surface area (Å²) in [6.07, 6.45) is 1.87. The summed E-state index contributed by atoms with van der Waals surface area (Å²) in [4.78, 5) is 21.6. The van der Waals surface area contributed by atoms with E-state index in [-0.39, 0.29) is 5.91 Å². The van der Waals surface area contributed by atoms with Gasteiger partial charge in [0.25, 0.3) is 0 Å². The predicted molar refractivity (Wildman–Crippen MR) is 71.3 cm³/mol. The van der Waals surface area contributed by atoms with Crippen molar-refractivity contribution in [2.75, 3.05) is 17.8 Å². The molecule has 0 aliphatic rings. The summed E-state index contributed by atoms with van der Waals surface area (Å²) in [6.45, 7) is 1.91. The van der Waals surface area contributed by atoms with Crippen LogP contribution >= 0.6 is 11.6 Å². The average Bonchev–Trinajstić information content (AvgIpc) is 2.32. The van der Waals surface area contributed by atoms with Crippen molar-refractivity contribution < 1.29 is 14.3 Å². The lowest BCUT2D eigenvalue weighted by molar-refractivity contribution is -0.114. The Kier molecular flexibility index (Phi) is 6.22. The Balaban J connectivity index is 2.85. The van der Waals surface area contributed by atoms with Gasteiger partial charge < -0.3 is 14.8 Å². The second-order valence-electron chi connectivity index (χ2n) is 3.77. The van der Waals surface area contributed by atoms with E-state index >= 15 is 0 Å². The molecule has 0 saturated heterocycles. The Bertz CT molecular complexity index is 421. The number of hydrogen-bond donors (Lipinski definition) is 1. The fourth-order valence-electron chi connectivity index (χ4n) is 1.45. The van der Waals surface area contributed by atoms with Gasteiger partial charge >= 0.3 is 0 Å². The topological polar surface area (TPSA) is 55.4 Å². The predicted octanol–water partition coefficient (Wildman–Crippen LogP) is 2.39. The number of benzene rings is 1. The van der Waals surface area contributed by atoms with Gasteiger partial charge in [0.1, 0.15) is 12.0 Å². The number of hydrogen-bond acceptors (Lipinski definition) is 3. The Morgan fingerprint density at radius 2 is 2.28 bits per heavy atom. The van der Waals surface area contributed by atoms with Crippen molar-refractivity contribution in [1.29, 1.82) is 0 Å². The molecule has 0 aliphatic heterocycles. The minimum Gasteiger partial charge on any atom is -0.491 e. The Labute approximate surface area is 111 Å². The van der Waals surface area contributed by atoms with Gasteiger partial charge in [-0.25, -0.2) is 0 Å². The lowest BCUT2D eigenvalue weighted by atomic mass is 10.1. The van der Waals surface area contributed by atoms with E-state index in [4.69, 9.17) is 16.3 Å². The van der Waals surface area contributed by atoms with Crippen LogP contribution < -0.4 is 10.1 Å². The summed E-state index contributed by atoms with van der Waals surface area (Å²) in [5, 5.41) is 2.69. The summed E-state index contributed by atoms with van der Waals surface area (Å²) in [5.74, 6) is 0.934. The number of carbonyl (C=O) groups is 2. The summed E-state index contributed by atoms with van der Waals surface area (Å²) in [5.41, 5.74) is 1.41. The van der Waals surface area contributed by atoms with E-state index in [0.29, 0.717) is 30.3 Å². The van der Waals surface area contributed by atoms with Crippen molar-refractivity contribution in [2.45, 2.75) is 19.8 Å². The molecule has 5 heteroatoms. The van der Waals surface area contributed by atoms with Crippen molar-refractivity contribution in [3.63, 3.8) is 0 Å². The summed E-state index contributed by atoms with van der Waals surface area (Å²) in [7, 11) is 0. The first-order chi connectivity index (χ1) is 8.67. The van der Waals surface area contributed by atoms with Crippen molar-refractivity contribution in [3.05, 3.63) is 23.8 Å². The maximum Gasteiger partial charge on any atom is 0.221 e. The van der Waals surface area contributed by atoms with Gasteiger partial charge in [-0.3, -0.25) is 4.79 Å². The molecule has 0 aromatic heterocycles. The van der Waals surface area contributed by atoms with E-state index in [1.807, 2.05) is 0 Å². The molecule has 1 amide bonds. The van der Waals surface area contributed by atoms with Crippen molar-refractivity contribution >= 4 is 29.5 Å². The molecule has 0 unspecified atom stereocenters. The molecule has 0 aliphatic carbocycles. The molecule has 0 saturated carbocycles. The van der Waals surface area contributed by atoms with Crippen LogP contribution in [0, 0.1) is 0 Å². The van der Waals surface area contributed by atoms with Crippen molar-refractivity contribution in [2.24, 2.45) is 0 Å².